The number of aliphatic imine (C=N–C) groups is 1. The van der Waals surface area contributed by atoms with E-state index in [1.54, 1.807) is 19.2 Å². The minimum Gasteiger partial charge on any atom is -0.376 e. The van der Waals surface area contributed by atoms with Crippen LogP contribution in [0.25, 0.3) is 6.08 Å². The molecule has 0 aromatic heterocycles. The number of carbonyl (C=O) groups excluding carboxylic acids is 2. The van der Waals surface area contributed by atoms with Gasteiger partial charge in [0.05, 0.1) is 25.1 Å². The maximum absolute atomic E-state index is 11.2. The van der Waals surface area contributed by atoms with Crippen LogP contribution in [0, 0.1) is 0 Å². The van der Waals surface area contributed by atoms with Gasteiger partial charge in [-0.2, -0.15) is 0 Å². The number of amides is 2. The molecule has 1 aromatic carbocycles. The summed E-state index contributed by atoms with van der Waals surface area (Å²) < 4.78 is 9.50. The zero-order chi connectivity index (χ0) is 29.4. The number of alkyl halides is 1. The smallest absolute Gasteiger partial charge is 0.267 e. The molecule has 0 bridgehead atoms. The molecule has 0 aliphatic heterocycles. The second-order valence-electron chi connectivity index (χ2n) is 6.30. The van der Waals surface area contributed by atoms with Crippen molar-refractivity contribution in [2.45, 2.75) is 75.2 Å². The lowest BCUT2D eigenvalue weighted by Gasteiger charge is -2.15. The van der Waals surface area contributed by atoms with Gasteiger partial charge in [0, 0.05) is 32.8 Å². The fraction of sp³-hybridized carbons (Fsp3) is 0.536. The molecule has 0 aliphatic rings. The number of hydrogen-bond donors (Lipinski definition) is 3. The highest BCUT2D eigenvalue weighted by atomic mass is 19.1. The topological polar surface area (TPSA) is 94.0 Å². The number of halogens is 1. The number of nitrogens with one attached hydrogen (secondary N) is 2. The van der Waals surface area contributed by atoms with Crippen LogP contribution >= 0.6 is 0 Å². The number of nitrogens with zero attached hydrogens (tertiary/aromatic N) is 2. The number of carbonyl (C=O) groups is 2. The Labute approximate surface area is 220 Å². The van der Waals surface area contributed by atoms with Crippen molar-refractivity contribution in [3.8, 4) is 0 Å². The van der Waals surface area contributed by atoms with Crippen molar-refractivity contribution in [2.24, 2.45) is 4.99 Å². The molecule has 1 aromatic rings. The molecule has 0 saturated carbocycles. The molecular formula is C28H53FN4O3. The number of hydroxylamine groups is 1. The fourth-order valence-corrected chi connectivity index (χ4v) is 1.76. The zero-order valence-corrected chi connectivity index (χ0v) is 24.8. The first-order valence-corrected chi connectivity index (χ1v) is 12.5. The Morgan fingerprint density at radius 3 is 1.92 bits per heavy atom. The summed E-state index contributed by atoms with van der Waals surface area (Å²) >= 11 is 0. The minimum atomic E-state index is -0.603. The van der Waals surface area contributed by atoms with Crippen molar-refractivity contribution in [1.82, 2.24) is 10.8 Å². The Balaban J connectivity index is -0.000000208. The average molecular weight is 513 g/mol. The van der Waals surface area contributed by atoms with E-state index in [1.807, 2.05) is 90.9 Å². The lowest BCUT2D eigenvalue weighted by Crippen LogP contribution is -2.23. The fourth-order valence-electron chi connectivity index (χ4n) is 1.76. The molecule has 2 amide bonds. The number of rotatable bonds is 7. The molecular weight excluding hydrogens is 459 g/mol. The SMILES string of the molecule is C/C=C\C.CC.CC.CCC.CCC(=O)NCC=Nc1cc(/C=C/C(=O)NO)ccc1N(C)C.CF. The molecule has 0 atom stereocenters. The third-order valence-corrected chi connectivity index (χ3v) is 3.29. The summed E-state index contributed by atoms with van der Waals surface area (Å²) in [5, 5.41) is 11.2. The maximum Gasteiger partial charge on any atom is 0.267 e. The lowest BCUT2D eigenvalue weighted by molar-refractivity contribution is -0.124. The van der Waals surface area contributed by atoms with Crippen molar-refractivity contribution in [3.05, 3.63) is 42.0 Å². The van der Waals surface area contributed by atoms with Crippen LogP contribution in [0.1, 0.15) is 80.7 Å². The van der Waals surface area contributed by atoms with Gasteiger partial charge in [-0.25, -0.2) is 5.48 Å². The van der Waals surface area contributed by atoms with E-state index in [1.165, 1.54) is 18.0 Å². The van der Waals surface area contributed by atoms with Gasteiger partial charge in [-0.15, -0.1) is 0 Å². The van der Waals surface area contributed by atoms with E-state index < -0.39 is 5.91 Å². The van der Waals surface area contributed by atoms with Crippen LogP contribution in [0.3, 0.4) is 0 Å². The number of allylic oxidation sites excluding steroid dienone is 2. The highest BCUT2D eigenvalue weighted by molar-refractivity contribution is 5.91. The van der Waals surface area contributed by atoms with Crippen molar-refractivity contribution in [3.63, 3.8) is 0 Å². The Morgan fingerprint density at radius 1 is 1.03 bits per heavy atom. The summed E-state index contributed by atoms with van der Waals surface area (Å²) in [6, 6.07) is 5.54. The van der Waals surface area contributed by atoms with Crippen LogP contribution in [-0.2, 0) is 9.59 Å². The molecule has 0 unspecified atom stereocenters. The van der Waals surface area contributed by atoms with Crippen molar-refractivity contribution < 1.29 is 19.2 Å². The molecule has 0 radical (unpaired) electrons. The zero-order valence-electron chi connectivity index (χ0n) is 24.8. The van der Waals surface area contributed by atoms with Crippen LogP contribution in [0.5, 0.6) is 0 Å². The Hall–Kier alpha value is -3.00. The van der Waals surface area contributed by atoms with E-state index >= 15 is 0 Å². The van der Waals surface area contributed by atoms with Crippen molar-refractivity contribution in [2.75, 3.05) is 32.7 Å². The number of hydrogen-bond acceptors (Lipinski definition) is 5. The quantitative estimate of drug-likeness (QED) is 0.119. The van der Waals surface area contributed by atoms with Gasteiger partial charge in [0.15, 0.2) is 0 Å². The lowest BCUT2D eigenvalue weighted by atomic mass is 10.1. The molecule has 0 saturated heterocycles. The summed E-state index contributed by atoms with van der Waals surface area (Å²) in [6.07, 6.45) is 10.1. The standard InChI is InChI=1S/C16H22N4O3.C4H8.C3H8.2C2H6.CH3F/c1-4-15(21)18-10-9-17-13-11-12(6-8-16(22)19-23)5-7-14(13)20(2)3;1-3-4-2;1-3-2;3*1-2/h5-9,11,23H,4,10H2,1-3H3,(H,18,21)(H,19,22);3-4H,1-2H3;3H2,1-2H3;2*1-2H3;1H3/b8-6+,17-9?;4-3-;;;;. The molecule has 7 nitrogen and oxygen atoms in total. The predicted octanol–water partition coefficient (Wildman–Crippen LogP) is 7.14. The van der Waals surface area contributed by atoms with Gasteiger partial charge in [0.25, 0.3) is 5.91 Å². The normalized spacial score (nSPS) is 9.06. The summed E-state index contributed by atoms with van der Waals surface area (Å²) in [6.45, 7) is 18.4. The highest BCUT2D eigenvalue weighted by Gasteiger charge is 2.04. The van der Waals surface area contributed by atoms with E-state index in [0.717, 1.165) is 11.3 Å². The third kappa shape index (κ3) is 29.0. The molecule has 0 aliphatic carbocycles. The van der Waals surface area contributed by atoms with E-state index in [0.29, 0.717) is 25.8 Å². The molecule has 8 heteroatoms. The summed E-state index contributed by atoms with van der Waals surface area (Å²) in [7, 11) is 4.31. The first kappa shape index (κ1) is 43.1. The van der Waals surface area contributed by atoms with E-state index in [4.69, 9.17) is 5.21 Å². The Morgan fingerprint density at radius 2 is 1.53 bits per heavy atom. The molecule has 3 N–H and O–H groups in total. The first-order valence-electron chi connectivity index (χ1n) is 12.5. The van der Waals surface area contributed by atoms with Crippen LogP contribution in [0.2, 0.25) is 0 Å². The van der Waals surface area contributed by atoms with E-state index in [2.05, 4.69) is 24.2 Å². The molecule has 210 valence electrons. The average Bonchev–Trinajstić information content (AvgIpc) is 2.93. The van der Waals surface area contributed by atoms with Crippen LogP contribution in [0.4, 0.5) is 15.8 Å². The summed E-state index contributed by atoms with van der Waals surface area (Å²) in [5.41, 5.74) is 3.93. The molecule has 36 heavy (non-hydrogen) atoms. The molecule has 1 rings (SSSR count). The van der Waals surface area contributed by atoms with Gasteiger partial charge in [0.1, 0.15) is 0 Å². The predicted molar refractivity (Wildman–Crippen MR) is 157 cm³/mol. The van der Waals surface area contributed by atoms with Gasteiger partial charge >= 0.3 is 0 Å². The summed E-state index contributed by atoms with van der Waals surface area (Å²) in [5.74, 6) is -0.634. The van der Waals surface area contributed by atoms with Crippen LogP contribution in [0.15, 0.2) is 41.4 Å². The summed E-state index contributed by atoms with van der Waals surface area (Å²) in [4.78, 5) is 28.5. The highest BCUT2D eigenvalue weighted by Crippen LogP contribution is 2.28. The van der Waals surface area contributed by atoms with E-state index in [9.17, 15) is 14.0 Å². The molecule has 0 fully saturated rings. The van der Waals surface area contributed by atoms with Crippen LogP contribution < -0.4 is 15.7 Å². The van der Waals surface area contributed by atoms with E-state index in [-0.39, 0.29) is 5.91 Å². The van der Waals surface area contributed by atoms with Gasteiger partial charge < -0.3 is 10.2 Å². The Bertz CT molecular complexity index is 700. The van der Waals surface area contributed by atoms with Gasteiger partial charge in [-0.1, -0.05) is 73.1 Å². The van der Waals surface area contributed by atoms with Gasteiger partial charge in [-0.3, -0.25) is 24.2 Å². The van der Waals surface area contributed by atoms with Gasteiger partial charge in [-0.05, 0) is 37.6 Å². The largest absolute Gasteiger partial charge is 0.376 e. The van der Waals surface area contributed by atoms with Crippen molar-refractivity contribution >= 4 is 35.5 Å². The number of anilines is 1. The first-order chi connectivity index (χ1) is 17.3. The van der Waals surface area contributed by atoms with Crippen molar-refractivity contribution in [1.29, 1.82) is 0 Å². The van der Waals surface area contributed by atoms with Gasteiger partial charge in [0.2, 0.25) is 5.91 Å². The number of benzene rings is 1. The van der Waals surface area contributed by atoms with Crippen LogP contribution in [-0.4, -0.2) is 51.1 Å². The monoisotopic (exact) mass is 512 g/mol. The molecule has 0 heterocycles. The second kappa shape index (κ2) is 36.6. The maximum atomic E-state index is 11.2. The second-order valence-corrected chi connectivity index (χ2v) is 6.30. The Kier molecular flexibility index (Phi) is 43.8. The molecule has 0 spiro atoms. The third-order valence-electron chi connectivity index (χ3n) is 3.29. The minimum absolute atomic E-state index is 0.0315.